The molecule has 0 radical (unpaired) electrons. The molecule has 5 nitrogen and oxygen atoms in total. The van der Waals surface area contributed by atoms with E-state index in [-0.39, 0.29) is 18.2 Å². The van der Waals surface area contributed by atoms with Crippen molar-refractivity contribution in [2.75, 3.05) is 5.75 Å². The molecule has 2 rings (SSSR count). The molecule has 1 unspecified atom stereocenters. The molecule has 2 atom stereocenters. The third-order valence-electron chi connectivity index (χ3n) is 4.03. The zero-order chi connectivity index (χ0) is 19.1. The molecule has 1 aromatic heterocycles. The van der Waals surface area contributed by atoms with E-state index in [1.165, 1.54) is 0 Å². The van der Waals surface area contributed by atoms with E-state index >= 15 is 0 Å². The zero-order valence-corrected chi connectivity index (χ0v) is 16.6. The number of nitrogens with zero attached hydrogens (tertiary/aromatic N) is 1. The standard InChI is InChI=1S/C19H24N2O3S2/c1-12(2)9-15(11-25)17(22)21-16(19(23)24)10-13-3-5-14(6-4-13)18-20-7-8-26-18/h3-8,12,15-16,25H,9-11H2,1-2H3,(H,21,22)(H,23,24)/t15?,16-/m0/s1. The second-order valence-corrected chi connectivity index (χ2v) is 7.91. The number of hydrogen-bond donors (Lipinski definition) is 3. The molecule has 26 heavy (non-hydrogen) atoms. The first kappa shape index (κ1) is 20.5. The summed E-state index contributed by atoms with van der Waals surface area (Å²) in [5.41, 5.74) is 1.84. The van der Waals surface area contributed by atoms with Gasteiger partial charge in [-0.25, -0.2) is 9.78 Å². The first-order valence-electron chi connectivity index (χ1n) is 8.53. The van der Waals surface area contributed by atoms with Gasteiger partial charge in [0.15, 0.2) is 0 Å². The third kappa shape index (κ3) is 5.85. The summed E-state index contributed by atoms with van der Waals surface area (Å²) < 4.78 is 0. The summed E-state index contributed by atoms with van der Waals surface area (Å²) in [6.07, 6.45) is 2.67. The lowest BCUT2D eigenvalue weighted by Crippen LogP contribution is -2.45. The summed E-state index contributed by atoms with van der Waals surface area (Å²) >= 11 is 5.78. The molecule has 7 heteroatoms. The van der Waals surface area contributed by atoms with E-state index in [9.17, 15) is 14.7 Å². The minimum Gasteiger partial charge on any atom is -0.480 e. The van der Waals surface area contributed by atoms with Gasteiger partial charge in [0.05, 0.1) is 0 Å². The highest BCUT2D eigenvalue weighted by Gasteiger charge is 2.25. The number of carboxylic acid groups (broad SMARTS) is 1. The van der Waals surface area contributed by atoms with Crippen LogP contribution in [0.5, 0.6) is 0 Å². The second kappa shape index (κ2) is 9.73. The Bertz CT molecular complexity index is 715. The maximum Gasteiger partial charge on any atom is 0.326 e. The molecule has 0 aliphatic heterocycles. The molecule has 0 aliphatic carbocycles. The van der Waals surface area contributed by atoms with Gasteiger partial charge in [0.2, 0.25) is 5.91 Å². The number of thiol groups is 1. The number of carbonyl (C=O) groups is 2. The summed E-state index contributed by atoms with van der Waals surface area (Å²) in [4.78, 5) is 28.2. The number of aromatic nitrogens is 1. The Morgan fingerprint density at radius 2 is 1.96 bits per heavy atom. The van der Waals surface area contributed by atoms with E-state index in [0.717, 1.165) is 16.1 Å². The first-order chi connectivity index (χ1) is 12.4. The van der Waals surface area contributed by atoms with Gasteiger partial charge in [-0.05, 0) is 17.9 Å². The second-order valence-electron chi connectivity index (χ2n) is 6.65. The number of aliphatic carboxylic acids is 1. The minimum absolute atomic E-state index is 0.236. The van der Waals surface area contributed by atoms with Crippen molar-refractivity contribution in [3.63, 3.8) is 0 Å². The summed E-state index contributed by atoms with van der Waals surface area (Å²) in [5, 5.41) is 15.0. The van der Waals surface area contributed by atoms with Crippen LogP contribution >= 0.6 is 24.0 Å². The highest BCUT2D eigenvalue weighted by molar-refractivity contribution is 7.80. The normalized spacial score (nSPS) is 13.4. The molecule has 2 aromatic rings. The van der Waals surface area contributed by atoms with Gasteiger partial charge in [0.25, 0.3) is 0 Å². The Kier molecular flexibility index (Phi) is 7.66. The number of nitrogens with one attached hydrogen (secondary N) is 1. The van der Waals surface area contributed by atoms with E-state index in [1.54, 1.807) is 17.5 Å². The fraction of sp³-hybridized carbons (Fsp3) is 0.421. The molecule has 0 fully saturated rings. The van der Waals surface area contributed by atoms with Gasteiger partial charge >= 0.3 is 5.97 Å². The fourth-order valence-corrected chi connectivity index (χ4v) is 3.67. The van der Waals surface area contributed by atoms with Crippen LogP contribution < -0.4 is 5.32 Å². The van der Waals surface area contributed by atoms with Crippen molar-refractivity contribution in [1.29, 1.82) is 0 Å². The van der Waals surface area contributed by atoms with Crippen LogP contribution in [-0.2, 0) is 16.0 Å². The predicted molar refractivity (Wildman–Crippen MR) is 108 cm³/mol. The van der Waals surface area contributed by atoms with Crippen LogP contribution in [0.3, 0.4) is 0 Å². The van der Waals surface area contributed by atoms with Crippen LogP contribution in [0.4, 0.5) is 0 Å². The van der Waals surface area contributed by atoms with Crippen molar-refractivity contribution >= 4 is 35.8 Å². The van der Waals surface area contributed by atoms with Crippen molar-refractivity contribution < 1.29 is 14.7 Å². The lowest BCUT2D eigenvalue weighted by Gasteiger charge is -2.20. The maximum absolute atomic E-state index is 12.4. The van der Waals surface area contributed by atoms with Gasteiger partial charge in [-0.1, -0.05) is 38.1 Å². The quantitative estimate of drug-likeness (QED) is 0.571. The van der Waals surface area contributed by atoms with Crippen molar-refractivity contribution in [3.05, 3.63) is 41.4 Å². The minimum atomic E-state index is -1.04. The lowest BCUT2D eigenvalue weighted by atomic mass is 9.97. The van der Waals surface area contributed by atoms with Gasteiger partial charge in [0.1, 0.15) is 11.0 Å². The molecule has 0 saturated carbocycles. The lowest BCUT2D eigenvalue weighted by molar-refractivity contribution is -0.142. The van der Waals surface area contributed by atoms with Gasteiger partial charge in [-0.15, -0.1) is 11.3 Å². The van der Waals surface area contributed by atoms with Crippen LogP contribution in [0.15, 0.2) is 35.8 Å². The van der Waals surface area contributed by atoms with Gasteiger partial charge in [-0.2, -0.15) is 12.6 Å². The Balaban J connectivity index is 2.03. The van der Waals surface area contributed by atoms with E-state index in [0.29, 0.717) is 18.1 Å². The maximum atomic E-state index is 12.4. The van der Waals surface area contributed by atoms with Gasteiger partial charge in [0, 0.05) is 35.2 Å². The van der Waals surface area contributed by atoms with E-state index < -0.39 is 12.0 Å². The molecule has 0 saturated heterocycles. The number of hydrogen-bond acceptors (Lipinski definition) is 5. The van der Waals surface area contributed by atoms with Crippen LogP contribution in [0.1, 0.15) is 25.8 Å². The number of carbonyl (C=O) groups excluding carboxylic acids is 1. The molecule has 1 amide bonds. The predicted octanol–water partition coefficient (Wildman–Crippen LogP) is 3.51. The smallest absolute Gasteiger partial charge is 0.326 e. The number of carboxylic acids is 1. The van der Waals surface area contributed by atoms with Crippen molar-refractivity contribution in [1.82, 2.24) is 10.3 Å². The zero-order valence-electron chi connectivity index (χ0n) is 14.9. The summed E-state index contributed by atoms with van der Waals surface area (Å²) in [7, 11) is 0. The average molecular weight is 393 g/mol. The summed E-state index contributed by atoms with van der Waals surface area (Å²) in [6.45, 7) is 4.06. The monoisotopic (exact) mass is 392 g/mol. The number of benzene rings is 1. The molecule has 140 valence electrons. The molecule has 0 spiro atoms. The number of amides is 1. The molecule has 1 aromatic carbocycles. The Hall–Kier alpha value is -1.86. The summed E-state index contributed by atoms with van der Waals surface area (Å²) in [6, 6.07) is 6.64. The SMILES string of the molecule is CC(C)CC(CS)C(=O)N[C@@H](Cc1ccc(-c2nccs2)cc1)C(=O)O. The third-order valence-corrected chi connectivity index (χ3v) is 5.30. The number of rotatable bonds is 9. The molecule has 0 aliphatic rings. The van der Waals surface area contributed by atoms with Crippen molar-refractivity contribution in [3.8, 4) is 10.6 Å². The van der Waals surface area contributed by atoms with Crippen molar-refractivity contribution in [2.24, 2.45) is 11.8 Å². The van der Waals surface area contributed by atoms with E-state index in [2.05, 4.69) is 22.9 Å². The highest BCUT2D eigenvalue weighted by atomic mass is 32.1. The Morgan fingerprint density at radius 1 is 1.27 bits per heavy atom. The van der Waals surface area contributed by atoms with Crippen LogP contribution in [-0.4, -0.2) is 33.8 Å². The fourth-order valence-electron chi connectivity index (χ4n) is 2.71. The summed E-state index contributed by atoms with van der Waals surface area (Å²) in [5.74, 6) is -0.823. The van der Waals surface area contributed by atoms with Gasteiger partial charge in [-0.3, -0.25) is 4.79 Å². The average Bonchev–Trinajstić information content (AvgIpc) is 3.14. The Labute approximate surface area is 163 Å². The Morgan fingerprint density at radius 3 is 2.46 bits per heavy atom. The molecule has 0 bridgehead atoms. The number of thiazole rings is 1. The van der Waals surface area contributed by atoms with Crippen LogP contribution in [0.25, 0.3) is 10.6 Å². The molecular formula is C19H24N2O3S2. The van der Waals surface area contributed by atoms with E-state index in [4.69, 9.17) is 0 Å². The van der Waals surface area contributed by atoms with Gasteiger partial charge < -0.3 is 10.4 Å². The first-order valence-corrected chi connectivity index (χ1v) is 10.0. The van der Waals surface area contributed by atoms with Crippen LogP contribution in [0, 0.1) is 11.8 Å². The van der Waals surface area contributed by atoms with E-state index in [1.807, 2.05) is 43.5 Å². The molecular weight excluding hydrogens is 368 g/mol. The van der Waals surface area contributed by atoms with Crippen molar-refractivity contribution in [2.45, 2.75) is 32.7 Å². The molecule has 2 N–H and O–H groups in total. The topological polar surface area (TPSA) is 79.3 Å². The molecule has 1 heterocycles. The largest absolute Gasteiger partial charge is 0.480 e. The highest BCUT2D eigenvalue weighted by Crippen LogP contribution is 2.22. The van der Waals surface area contributed by atoms with Crippen LogP contribution in [0.2, 0.25) is 0 Å².